The highest BCUT2D eigenvalue weighted by Gasteiger charge is 2.30. The highest BCUT2D eigenvalue weighted by molar-refractivity contribution is 5.72. The second-order valence-electron chi connectivity index (χ2n) is 5.71. The highest BCUT2D eigenvalue weighted by Crippen LogP contribution is 2.20. The molecule has 4 nitrogen and oxygen atoms in total. The summed E-state index contributed by atoms with van der Waals surface area (Å²) in [4.78, 5) is 3.91. The first-order valence-electron chi connectivity index (χ1n) is 8.26. The maximum atomic E-state index is 12.2. The zero-order valence-corrected chi connectivity index (χ0v) is 14.9. The monoisotopic (exact) mass is 378 g/mol. The summed E-state index contributed by atoms with van der Waals surface area (Å²) in [5.41, 5.74) is 5.75. The lowest BCUT2D eigenvalue weighted by Crippen LogP contribution is -2.19. The normalized spacial score (nSPS) is 12.4. The van der Waals surface area contributed by atoms with E-state index < -0.39 is 11.9 Å². The van der Waals surface area contributed by atoms with E-state index in [0.717, 1.165) is 34.9 Å². The van der Waals surface area contributed by atoms with E-state index in [1.807, 2.05) is 48.5 Å². The summed E-state index contributed by atoms with van der Waals surface area (Å²) in [6, 6.07) is 15.1. The van der Waals surface area contributed by atoms with Crippen molar-refractivity contribution in [3.05, 3.63) is 71.4 Å². The molecule has 2 aromatic carbocycles. The topological polar surface area (TPSA) is 56.8 Å². The Labute approximate surface area is 156 Å². The number of halogens is 3. The minimum Gasteiger partial charge on any atom is -0.497 e. The molecule has 0 aliphatic heterocycles. The van der Waals surface area contributed by atoms with Crippen LogP contribution in [0.3, 0.4) is 0 Å². The van der Waals surface area contributed by atoms with Crippen molar-refractivity contribution in [2.24, 2.45) is 10.7 Å². The van der Waals surface area contributed by atoms with Crippen LogP contribution >= 0.6 is 0 Å². The molecule has 144 valence electrons. The molecule has 0 amide bonds. The zero-order valence-electron chi connectivity index (χ0n) is 14.9. The zero-order chi connectivity index (χ0) is 19.7. The van der Waals surface area contributed by atoms with Gasteiger partial charge >= 0.3 is 6.18 Å². The van der Waals surface area contributed by atoms with Gasteiger partial charge in [-0.1, -0.05) is 24.3 Å². The minimum absolute atomic E-state index is 0.369. The summed E-state index contributed by atoms with van der Waals surface area (Å²) in [5, 5.41) is 0. The van der Waals surface area contributed by atoms with E-state index in [1.54, 1.807) is 7.11 Å². The molecular formula is C20H21F3N2O2. The van der Waals surface area contributed by atoms with Crippen LogP contribution in [0.25, 0.3) is 0 Å². The van der Waals surface area contributed by atoms with Crippen LogP contribution in [0.2, 0.25) is 0 Å². The first-order chi connectivity index (χ1) is 12.9. The second-order valence-corrected chi connectivity index (χ2v) is 5.71. The average Bonchev–Trinajstić information content (AvgIpc) is 2.66. The third-order valence-electron chi connectivity index (χ3n) is 3.70. The van der Waals surface area contributed by atoms with Gasteiger partial charge < -0.3 is 15.2 Å². The van der Waals surface area contributed by atoms with Crippen molar-refractivity contribution >= 4 is 6.21 Å². The van der Waals surface area contributed by atoms with Crippen LogP contribution in [0.1, 0.15) is 11.1 Å². The number of allylic oxidation sites excluding steroid dienone is 2. The van der Waals surface area contributed by atoms with Crippen LogP contribution in [0.5, 0.6) is 11.5 Å². The minimum atomic E-state index is -4.52. The predicted molar refractivity (Wildman–Crippen MR) is 99.2 cm³/mol. The molecule has 0 saturated carbocycles. The Kier molecular flexibility index (Phi) is 7.28. The van der Waals surface area contributed by atoms with E-state index in [0.29, 0.717) is 19.6 Å². The van der Waals surface area contributed by atoms with Gasteiger partial charge in [-0.15, -0.1) is 0 Å². The van der Waals surface area contributed by atoms with Gasteiger partial charge in [0.2, 0.25) is 0 Å². The fraction of sp³-hybridized carbons (Fsp3) is 0.250. The Balaban J connectivity index is 1.77. The molecule has 7 heteroatoms. The van der Waals surface area contributed by atoms with Crippen LogP contribution in [0.15, 0.2) is 65.3 Å². The molecule has 0 unspecified atom stereocenters. The average molecular weight is 378 g/mol. The first-order valence-corrected chi connectivity index (χ1v) is 8.26. The van der Waals surface area contributed by atoms with Crippen molar-refractivity contribution < 1.29 is 22.6 Å². The molecule has 2 N–H and O–H groups in total. The molecule has 2 aromatic rings. The number of hydrogen-bond acceptors (Lipinski definition) is 4. The van der Waals surface area contributed by atoms with Crippen molar-refractivity contribution in [2.75, 3.05) is 13.7 Å². The molecular weight excluding hydrogens is 357 g/mol. The number of methoxy groups -OCH3 is 1. The van der Waals surface area contributed by atoms with Crippen molar-refractivity contribution in [1.29, 1.82) is 0 Å². The van der Waals surface area contributed by atoms with Gasteiger partial charge in [0, 0.05) is 12.8 Å². The number of aliphatic imine (C=N–C) groups is 1. The Morgan fingerprint density at radius 1 is 1.00 bits per heavy atom. The maximum absolute atomic E-state index is 12.2. The van der Waals surface area contributed by atoms with Crippen molar-refractivity contribution in [1.82, 2.24) is 0 Å². The fourth-order valence-electron chi connectivity index (χ4n) is 2.14. The maximum Gasteiger partial charge on any atom is 0.430 e. The fourth-order valence-corrected chi connectivity index (χ4v) is 2.14. The smallest absolute Gasteiger partial charge is 0.430 e. The van der Waals surface area contributed by atoms with E-state index in [-0.39, 0.29) is 0 Å². The van der Waals surface area contributed by atoms with E-state index in [4.69, 9.17) is 15.2 Å². The molecule has 0 fully saturated rings. The largest absolute Gasteiger partial charge is 0.497 e. The van der Waals surface area contributed by atoms with Crippen molar-refractivity contribution in [2.45, 2.75) is 19.2 Å². The summed E-state index contributed by atoms with van der Waals surface area (Å²) >= 11 is 0. The molecule has 0 aliphatic carbocycles. The number of benzene rings is 2. The molecule has 0 saturated heterocycles. The molecule has 0 aromatic heterocycles. The van der Waals surface area contributed by atoms with Gasteiger partial charge in [0.25, 0.3) is 0 Å². The quantitative estimate of drug-likeness (QED) is 0.697. The van der Waals surface area contributed by atoms with E-state index in [2.05, 4.69) is 4.99 Å². The number of nitrogens with zero attached hydrogens (tertiary/aromatic N) is 1. The van der Waals surface area contributed by atoms with Crippen LogP contribution in [0.4, 0.5) is 13.2 Å². The number of hydrogen-bond donors (Lipinski definition) is 1. The van der Waals surface area contributed by atoms with Crippen LogP contribution in [-0.2, 0) is 13.0 Å². The Morgan fingerprint density at radius 2 is 1.59 bits per heavy atom. The third-order valence-corrected chi connectivity index (χ3v) is 3.70. The predicted octanol–water partition coefficient (Wildman–Crippen LogP) is 4.29. The summed E-state index contributed by atoms with van der Waals surface area (Å²) in [5.74, 6) is 1.53. The summed E-state index contributed by atoms with van der Waals surface area (Å²) < 4.78 is 47.4. The molecule has 0 spiro atoms. The van der Waals surface area contributed by atoms with E-state index in [1.165, 1.54) is 0 Å². The molecule has 0 atom stereocenters. The first kappa shape index (κ1) is 20.4. The van der Waals surface area contributed by atoms with Gasteiger partial charge in [0.05, 0.1) is 7.11 Å². The van der Waals surface area contributed by atoms with Crippen LogP contribution < -0.4 is 15.2 Å². The van der Waals surface area contributed by atoms with Gasteiger partial charge in [-0.3, -0.25) is 4.99 Å². The lowest BCUT2D eigenvalue weighted by Gasteiger charge is -2.08. The van der Waals surface area contributed by atoms with Crippen LogP contribution in [0, 0.1) is 0 Å². The number of ether oxygens (including phenoxy) is 2. The summed E-state index contributed by atoms with van der Waals surface area (Å²) in [6.07, 6.45) is -2.08. The van der Waals surface area contributed by atoms with Crippen LogP contribution in [-0.4, -0.2) is 26.0 Å². The van der Waals surface area contributed by atoms with Gasteiger partial charge in [0.15, 0.2) is 0 Å². The third kappa shape index (κ3) is 7.05. The number of alkyl halides is 3. The molecule has 27 heavy (non-hydrogen) atoms. The summed E-state index contributed by atoms with van der Waals surface area (Å²) in [7, 11) is 1.62. The van der Waals surface area contributed by atoms with Gasteiger partial charge in [-0.25, -0.2) is 0 Å². The molecule has 0 aliphatic rings. The molecule has 2 rings (SSSR count). The SMILES string of the molecule is COc1ccc(COc2ccc(CCN=C/C=C(\N)C(F)(F)F)cc2)cc1. The standard InChI is InChI=1S/C20H21F3N2O2/c1-26-17-6-4-16(5-7-17)14-27-18-8-2-15(3-9-18)10-12-25-13-11-19(24)20(21,22)23/h2-9,11,13H,10,12,14,24H2,1H3/b19-11-,25-13?. The van der Waals surface area contributed by atoms with Crippen molar-refractivity contribution in [3.63, 3.8) is 0 Å². The Hall–Kier alpha value is -2.96. The van der Waals surface area contributed by atoms with Gasteiger partial charge in [-0.2, -0.15) is 13.2 Å². The van der Waals surface area contributed by atoms with E-state index in [9.17, 15) is 13.2 Å². The van der Waals surface area contributed by atoms with E-state index >= 15 is 0 Å². The molecule has 0 radical (unpaired) electrons. The molecule has 0 heterocycles. The Morgan fingerprint density at radius 3 is 2.19 bits per heavy atom. The lowest BCUT2D eigenvalue weighted by atomic mass is 10.1. The second kappa shape index (κ2) is 9.66. The van der Waals surface area contributed by atoms with Crippen molar-refractivity contribution in [3.8, 4) is 11.5 Å². The summed E-state index contributed by atoms with van der Waals surface area (Å²) in [6.45, 7) is 0.814. The highest BCUT2D eigenvalue weighted by atomic mass is 19.4. The Bertz CT molecular complexity index is 767. The number of nitrogens with two attached hydrogens (primary N) is 1. The molecule has 0 bridgehead atoms. The lowest BCUT2D eigenvalue weighted by molar-refractivity contribution is -0.0925. The van der Waals surface area contributed by atoms with Gasteiger partial charge in [-0.05, 0) is 47.9 Å². The van der Waals surface area contributed by atoms with Gasteiger partial charge in [0.1, 0.15) is 23.8 Å². The number of rotatable bonds is 8.